The average molecular weight is 258 g/mol. The zero-order valence-electron chi connectivity index (χ0n) is 10.7. The number of nitrogens with one attached hydrogen (secondary N) is 1. The van der Waals surface area contributed by atoms with Crippen molar-refractivity contribution in [1.29, 1.82) is 5.26 Å². The summed E-state index contributed by atoms with van der Waals surface area (Å²) in [6.45, 7) is 1.21. The van der Waals surface area contributed by atoms with Gasteiger partial charge in [-0.1, -0.05) is 0 Å². The summed E-state index contributed by atoms with van der Waals surface area (Å²) in [5.41, 5.74) is 1.19. The normalized spacial score (nSPS) is 10.4. The van der Waals surface area contributed by atoms with E-state index < -0.39 is 0 Å². The van der Waals surface area contributed by atoms with E-state index in [1.165, 1.54) is 18.2 Å². The molecule has 0 saturated carbocycles. The molecule has 98 valence electrons. The molecule has 19 heavy (non-hydrogen) atoms. The molecule has 0 aliphatic rings. The lowest BCUT2D eigenvalue weighted by Crippen LogP contribution is -2.18. The van der Waals surface area contributed by atoms with Gasteiger partial charge in [0.1, 0.15) is 11.6 Å². The minimum atomic E-state index is -0.320. The summed E-state index contributed by atoms with van der Waals surface area (Å²) >= 11 is 0. The topological polar surface area (TPSA) is 53.6 Å². The molecule has 0 aliphatic heterocycles. The molecule has 0 bridgehead atoms. The van der Waals surface area contributed by atoms with Gasteiger partial charge in [0.2, 0.25) is 0 Å². The zero-order chi connectivity index (χ0) is 13.7. The maximum absolute atomic E-state index is 13.1. The van der Waals surface area contributed by atoms with Crippen LogP contribution in [-0.2, 0) is 20.0 Å². The smallest absolute Gasteiger partial charge is 0.123 e. The van der Waals surface area contributed by atoms with Crippen molar-refractivity contribution in [3.8, 4) is 6.07 Å². The number of aryl methyl sites for hydroxylation is 1. The minimum absolute atomic E-state index is 0.320. The summed E-state index contributed by atoms with van der Waals surface area (Å²) in [5.74, 6) is 0.673. The number of imidazole rings is 1. The number of nitrogens with zero attached hydrogens (tertiary/aromatic N) is 3. The number of rotatable bonds is 5. The Balaban J connectivity index is 1.88. The highest BCUT2D eigenvalue weighted by molar-refractivity contribution is 5.37. The van der Waals surface area contributed by atoms with Gasteiger partial charge in [0.05, 0.1) is 11.6 Å². The Morgan fingerprint density at radius 1 is 1.47 bits per heavy atom. The third-order valence-electron chi connectivity index (χ3n) is 2.95. The van der Waals surface area contributed by atoms with E-state index in [1.807, 2.05) is 17.8 Å². The molecule has 0 fully saturated rings. The van der Waals surface area contributed by atoms with Crippen molar-refractivity contribution in [1.82, 2.24) is 14.9 Å². The largest absolute Gasteiger partial charge is 0.338 e. The first-order valence-electron chi connectivity index (χ1n) is 6.06. The predicted octanol–water partition coefficient (Wildman–Crippen LogP) is 1.76. The molecule has 1 aromatic heterocycles. The molecule has 4 nitrogen and oxygen atoms in total. The van der Waals surface area contributed by atoms with Crippen LogP contribution in [0.4, 0.5) is 4.39 Å². The standard InChI is InChI=1S/C14H15FN4/c1-19-7-6-18-14(19)4-5-17-10-12-8-13(15)3-2-11(12)9-16/h2-3,6-8,17H,4-5,10H2,1H3. The van der Waals surface area contributed by atoms with Crippen LogP contribution in [0.5, 0.6) is 0 Å². The Kier molecular flexibility index (Phi) is 4.26. The summed E-state index contributed by atoms with van der Waals surface area (Å²) in [6.07, 6.45) is 4.45. The lowest BCUT2D eigenvalue weighted by Gasteiger charge is -2.07. The minimum Gasteiger partial charge on any atom is -0.338 e. The summed E-state index contributed by atoms with van der Waals surface area (Å²) in [5, 5.41) is 12.1. The van der Waals surface area contributed by atoms with Crippen LogP contribution < -0.4 is 5.32 Å². The number of benzene rings is 1. The van der Waals surface area contributed by atoms with Crippen molar-refractivity contribution in [2.24, 2.45) is 7.05 Å². The third kappa shape index (κ3) is 3.39. The van der Waals surface area contributed by atoms with Gasteiger partial charge in [-0.15, -0.1) is 0 Å². The molecule has 0 amide bonds. The van der Waals surface area contributed by atoms with Crippen molar-refractivity contribution in [3.63, 3.8) is 0 Å². The Morgan fingerprint density at radius 2 is 2.32 bits per heavy atom. The van der Waals surface area contributed by atoms with Gasteiger partial charge in [-0.05, 0) is 23.8 Å². The lowest BCUT2D eigenvalue weighted by atomic mass is 10.1. The molecule has 1 N–H and O–H groups in total. The van der Waals surface area contributed by atoms with Crippen LogP contribution in [0.15, 0.2) is 30.6 Å². The van der Waals surface area contributed by atoms with Gasteiger partial charge in [-0.3, -0.25) is 0 Å². The molecule has 1 aromatic carbocycles. The summed E-state index contributed by atoms with van der Waals surface area (Å²) in [6, 6.07) is 6.26. The van der Waals surface area contributed by atoms with E-state index in [9.17, 15) is 4.39 Å². The van der Waals surface area contributed by atoms with Crippen molar-refractivity contribution in [3.05, 3.63) is 53.4 Å². The van der Waals surface area contributed by atoms with E-state index in [4.69, 9.17) is 5.26 Å². The number of aromatic nitrogens is 2. The Bertz CT molecular complexity index is 598. The monoisotopic (exact) mass is 258 g/mol. The quantitative estimate of drug-likeness (QED) is 0.831. The fraction of sp³-hybridized carbons (Fsp3) is 0.286. The van der Waals surface area contributed by atoms with Gasteiger partial charge in [0.25, 0.3) is 0 Å². The molecule has 2 aromatic rings. The molecule has 0 unspecified atom stereocenters. The van der Waals surface area contributed by atoms with Crippen molar-refractivity contribution < 1.29 is 4.39 Å². The molecule has 0 saturated heterocycles. The van der Waals surface area contributed by atoms with Gasteiger partial charge in [-0.25, -0.2) is 9.37 Å². The number of hydrogen-bond acceptors (Lipinski definition) is 3. The first kappa shape index (κ1) is 13.2. The fourth-order valence-corrected chi connectivity index (χ4v) is 1.88. The maximum Gasteiger partial charge on any atom is 0.123 e. The highest BCUT2D eigenvalue weighted by atomic mass is 19.1. The van der Waals surface area contributed by atoms with Gasteiger partial charge >= 0.3 is 0 Å². The molecular weight excluding hydrogens is 243 g/mol. The van der Waals surface area contributed by atoms with E-state index in [0.717, 1.165) is 18.8 Å². The van der Waals surface area contributed by atoms with Crippen LogP contribution in [0.3, 0.4) is 0 Å². The van der Waals surface area contributed by atoms with Crippen LogP contribution in [0.2, 0.25) is 0 Å². The fourth-order valence-electron chi connectivity index (χ4n) is 1.88. The van der Waals surface area contributed by atoms with Gasteiger partial charge in [-0.2, -0.15) is 5.26 Å². The van der Waals surface area contributed by atoms with Crippen LogP contribution in [0.1, 0.15) is 17.0 Å². The molecule has 5 heteroatoms. The van der Waals surface area contributed by atoms with Gasteiger partial charge in [0.15, 0.2) is 0 Å². The zero-order valence-corrected chi connectivity index (χ0v) is 10.7. The number of hydrogen-bond donors (Lipinski definition) is 1. The molecule has 0 atom stereocenters. The van der Waals surface area contributed by atoms with Crippen LogP contribution in [-0.4, -0.2) is 16.1 Å². The average Bonchev–Trinajstić information content (AvgIpc) is 2.80. The Hall–Kier alpha value is -2.19. The number of halogens is 1. The number of nitriles is 1. The third-order valence-corrected chi connectivity index (χ3v) is 2.95. The van der Waals surface area contributed by atoms with E-state index in [1.54, 1.807) is 6.20 Å². The maximum atomic E-state index is 13.1. The van der Waals surface area contributed by atoms with Gasteiger partial charge < -0.3 is 9.88 Å². The van der Waals surface area contributed by atoms with Crippen molar-refractivity contribution in [2.75, 3.05) is 6.54 Å². The van der Waals surface area contributed by atoms with E-state index in [0.29, 0.717) is 17.7 Å². The molecule has 1 heterocycles. The summed E-state index contributed by atoms with van der Waals surface area (Å²) in [4.78, 5) is 4.22. The lowest BCUT2D eigenvalue weighted by molar-refractivity contribution is 0.617. The van der Waals surface area contributed by atoms with Gasteiger partial charge in [0, 0.05) is 39.0 Å². The highest BCUT2D eigenvalue weighted by Gasteiger charge is 2.04. The molecule has 0 spiro atoms. The second-order valence-corrected chi connectivity index (χ2v) is 4.29. The molecule has 2 rings (SSSR count). The highest BCUT2D eigenvalue weighted by Crippen LogP contribution is 2.10. The first-order chi connectivity index (χ1) is 9.20. The van der Waals surface area contributed by atoms with Crippen LogP contribution >= 0.6 is 0 Å². The first-order valence-corrected chi connectivity index (χ1v) is 6.06. The Labute approximate surface area is 111 Å². The van der Waals surface area contributed by atoms with Crippen LogP contribution in [0, 0.1) is 17.1 Å². The van der Waals surface area contributed by atoms with E-state index in [2.05, 4.69) is 16.4 Å². The summed E-state index contributed by atoms with van der Waals surface area (Å²) in [7, 11) is 1.95. The van der Waals surface area contributed by atoms with Crippen LogP contribution in [0.25, 0.3) is 0 Å². The molecule has 0 aliphatic carbocycles. The second-order valence-electron chi connectivity index (χ2n) is 4.29. The molecule has 0 radical (unpaired) electrons. The summed E-state index contributed by atoms with van der Waals surface area (Å²) < 4.78 is 15.1. The van der Waals surface area contributed by atoms with E-state index >= 15 is 0 Å². The van der Waals surface area contributed by atoms with Crippen molar-refractivity contribution in [2.45, 2.75) is 13.0 Å². The SMILES string of the molecule is Cn1ccnc1CCNCc1cc(F)ccc1C#N. The Morgan fingerprint density at radius 3 is 3.00 bits per heavy atom. The van der Waals surface area contributed by atoms with E-state index in [-0.39, 0.29) is 5.82 Å². The second kappa shape index (κ2) is 6.12. The molecular formula is C14H15FN4. The van der Waals surface area contributed by atoms with Crippen molar-refractivity contribution >= 4 is 0 Å². The predicted molar refractivity (Wildman–Crippen MR) is 69.7 cm³/mol.